The lowest BCUT2D eigenvalue weighted by Crippen LogP contribution is -2.47. The molecular formula is C27H31BrN2O3. The average Bonchev–Trinajstić information content (AvgIpc) is 2.85. The van der Waals surface area contributed by atoms with Gasteiger partial charge in [0.25, 0.3) is 5.91 Å². The van der Waals surface area contributed by atoms with Crippen LogP contribution in [0.4, 0.5) is 0 Å². The van der Waals surface area contributed by atoms with Gasteiger partial charge >= 0.3 is 0 Å². The highest BCUT2D eigenvalue weighted by molar-refractivity contribution is 9.10. The van der Waals surface area contributed by atoms with Crippen molar-refractivity contribution in [2.45, 2.75) is 50.5 Å². The summed E-state index contributed by atoms with van der Waals surface area (Å²) in [5.41, 5.74) is 1.09. The summed E-state index contributed by atoms with van der Waals surface area (Å²) in [5.74, 6) is -0.288. The number of halogens is 1. The first-order chi connectivity index (χ1) is 15.9. The quantitative estimate of drug-likeness (QED) is 0.556. The van der Waals surface area contributed by atoms with Gasteiger partial charge in [-0.2, -0.15) is 0 Å². The molecule has 2 N–H and O–H groups in total. The molecule has 33 heavy (non-hydrogen) atoms. The van der Waals surface area contributed by atoms with E-state index in [-0.39, 0.29) is 17.7 Å². The highest BCUT2D eigenvalue weighted by Gasteiger charge is 2.36. The Balaban J connectivity index is 1.48. The molecule has 2 fully saturated rings. The Morgan fingerprint density at radius 3 is 2.24 bits per heavy atom. The maximum absolute atomic E-state index is 13.5. The maximum atomic E-state index is 13.5. The molecule has 4 rings (SSSR count). The van der Waals surface area contributed by atoms with Crippen molar-refractivity contribution in [3.8, 4) is 0 Å². The van der Waals surface area contributed by atoms with Crippen LogP contribution in [0.2, 0.25) is 0 Å². The minimum Gasteiger partial charge on any atom is -0.385 e. The van der Waals surface area contributed by atoms with Crippen LogP contribution in [0.15, 0.2) is 64.8 Å². The van der Waals surface area contributed by atoms with Crippen LogP contribution >= 0.6 is 15.9 Å². The molecule has 0 aromatic heterocycles. The number of nitrogens with one attached hydrogen (secondary N) is 1. The lowest BCUT2D eigenvalue weighted by atomic mass is 9.84. The molecule has 2 aliphatic rings. The van der Waals surface area contributed by atoms with Crippen molar-refractivity contribution >= 4 is 33.8 Å². The fraction of sp³-hybridized carbons (Fsp3) is 0.407. The lowest BCUT2D eigenvalue weighted by molar-refractivity contribution is -0.134. The van der Waals surface area contributed by atoms with E-state index < -0.39 is 5.60 Å². The summed E-state index contributed by atoms with van der Waals surface area (Å²) in [7, 11) is 0. The third kappa shape index (κ3) is 5.92. The Morgan fingerprint density at radius 1 is 0.970 bits per heavy atom. The van der Waals surface area contributed by atoms with E-state index in [0.29, 0.717) is 31.6 Å². The monoisotopic (exact) mass is 510 g/mol. The van der Waals surface area contributed by atoms with E-state index in [0.717, 1.165) is 41.3 Å². The van der Waals surface area contributed by atoms with E-state index in [1.807, 2.05) is 54.6 Å². The number of aliphatic hydroxyl groups is 1. The van der Waals surface area contributed by atoms with Gasteiger partial charge in [-0.3, -0.25) is 9.59 Å². The molecule has 1 saturated carbocycles. The van der Waals surface area contributed by atoms with Gasteiger partial charge in [0.15, 0.2) is 0 Å². The number of hydrogen-bond donors (Lipinski definition) is 2. The maximum Gasteiger partial charge on any atom is 0.270 e. The molecule has 174 valence electrons. The van der Waals surface area contributed by atoms with E-state index in [2.05, 4.69) is 21.2 Å². The van der Waals surface area contributed by atoms with Crippen molar-refractivity contribution in [1.29, 1.82) is 0 Å². The molecule has 0 spiro atoms. The van der Waals surface area contributed by atoms with Gasteiger partial charge in [-0.25, -0.2) is 0 Å². The first-order valence-corrected chi connectivity index (χ1v) is 12.6. The van der Waals surface area contributed by atoms with E-state index >= 15 is 0 Å². The number of carbonyl (C=O) groups is 2. The number of rotatable bonds is 5. The molecule has 1 aliphatic heterocycles. The minimum absolute atomic E-state index is 0.0328. The number of nitrogens with zero attached hydrogens (tertiary/aromatic N) is 1. The topological polar surface area (TPSA) is 69.6 Å². The number of hydrogen-bond acceptors (Lipinski definition) is 3. The van der Waals surface area contributed by atoms with E-state index in [1.54, 1.807) is 11.0 Å². The summed E-state index contributed by atoms with van der Waals surface area (Å²) >= 11 is 3.43. The third-order valence-corrected chi connectivity index (χ3v) is 7.36. The van der Waals surface area contributed by atoms with Gasteiger partial charge in [-0.05, 0) is 55.0 Å². The van der Waals surface area contributed by atoms with Gasteiger partial charge in [-0.15, -0.1) is 0 Å². The molecule has 6 heteroatoms. The number of carbonyl (C=O) groups excluding carboxylic acids is 2. The lowest BCUT2D eigenvalue weighted by Gasteiger charge is -2.39. The summed E-state index contributed by atoms with van der Waals surface area (Å²) in [6, 6.07) is 17.3. The predicted octanol–water partition coefficient (Wildman–Crippen LogP) is 5.00. The van der Waals surface area contributed by atoms with Crippen molar-refractivity contribution in [3.63, 3.8) is 0 Å². The Hall–Kier alpha value is -2.44. The largest absolute Gasteiger partial charge is 0.385 e. The van der Waals surface area contributed by atoms with Crippen molar-refractivity contribution in [2.24, 2.45) is 5.92 Å². The van der Waals surface area contributed by atoms with Crippen LogP contribution in [0, 0.1) is 5.92 Å². The SMILES string of the molecule is O=C(N/C(=C\c1ccccc1)C(=O)N1CCC(O)(c2ccc(Br)cc2)CC1)C1CCCCC1. The summed E-state index contributed by atoms with van der Waals surface area (Å²) < 4.78 is 0.965. The Morgan fingerprint density at radius 2 is 1.61 bits per heavy atom. The molecule has 1 aliphatic carbocycles. The Kier molecular flexibility index (Phi) is 7.66. The predicted molar refractivity (Wildman–Crippen MR) is 133 cm³/mol. The van der Waals surface area contributed by atoms with Gasteiger partial charge in [0.1, 0.15) is 5.70 Å². The van der Waals surface area contributed by atoms with Gasteiger partial charge in [0.2, 0.25) is 5.91 Å². The zero-order valence-corrected chi connectivity index (χ0v) is 20.4. The highest BCUT2D eigenvalue weighted by atomic mass is 79.9. The summed E-state index contributed by atoms with van der Waals surface area (Å²) in [5, 5.41) is 14.1. The van der Waals surface area contributed by atoms with Crippen LogP contribution in [-0.4, -0.2) is 34.9 Å². The number of piperidine rings is 1. The van der Waals surface area contributed by atoms with Crippen LogP contribution in [0.5, 0.6) is 0 Å². The molecular weight excluding hydrogens is 480 g/mol. The van der Waals surface area contributed by atoms with E-state index in [1.165, 1.54) is 6.42 Å². The first-order valence-electron chi connectivity index (χ1n) is 11.8. The van der Waals surface area contributed by atoms with Gasteiger partial charge in [0, 0.05) is 23.5 Å². The smallest absolute Gasteiger partial charge is 0.270 e. The van der Waals surface area contributed by atoms with Crippen molar-refractivity contribution in [3.05, 3.63) is 75.9 Å². The van der Waals surface area contributed by atoms with E-state index in [4.69, 9.17) is 0 Å². The Labute approximate surface area is 204 Å². The molecule has 2 aromatic rings. The molecule has 2 aromatic carbocycles. The normalized spacial score (nSPS) is 19.2. The van der Waals surface area contributed by atoms with Crippen LogP contribution < -0.4 is 5.32 Å². The third-order valence-electron chi connectivity index (χ3n) is 6.83. The fourth-order valence-corrected chi connectivity index (χ4v) is 5.03. The average molecular weight is 511 g/mol. The molecule has 1 saturated heterocycles. The second-order valence-corrected chi connectivity index (χ2v) is 10.0. The second-order valence-electron chi connectivity index (χ2n) is 9.12. The van der Waals surface area contributed by atoms with Crippen LogP contribution in [-0.2, 0) is 15.2 Å². The highest BCUT2D eigenvalue weighted by Crippen LogP contribution is 2.34. The van der Waals surface area contributed by atoms with Crippen LogP contribution in [0.3, 0.4) is 0 Å². The van der Waals surface area contributed by atoms with Gasteiger partial charge in [-0.1, -0.05) is 77.7 Å². The Bertz CT molecular complexity index is 990. The van der Waals surface area contributed by atoms with Crippen LogP contribution in [0.1, 0.15) is 56.1 Å². The molecule has 2 amide bonds. The van der Waals surface area contributed by atoms with Crippen LogP contribution in [0.25, 0.3) is 6.08 Å². The second kappa shape index (κ2) is 10.7. The van der Waals surface area contributed by atoms with Crippen molar-refractivity contribution in [1.82, 2.24) is 10.2 Å². The van der Waals surface area contributed by atoms with Gasteiger partial charge < -0.3 is 15.3 Å². The number of amides is 2. The van der Waals surface area contributed by atoms with Crippen molar-refractivity contribution in [2.75, 3.05) is 13.1 Å². The van der Waals surface area contributed by atoms with Gasteiger partial charge in [0.05, 0.1) is 5.60 Å². The molecule has 0 unspecified atom stereocenters. The van der Waals surface area contributed by atoms with E-state index in [9.17, 15) is 14.7 Å². The molecule has 1 heterocycles. The molecule has 0 atom stereocenters. The summed E-state index contributed by atoms with van der Waals surface area (Å²) in [6.45, 7) is 0.855. The molecule has 5 nitrogen and oxygen atoms in total. The standard InChI is InChI=1S/C27H31BrN2O3/c28-23-13-11-22(12-14-23)27(33)15-17-30(18-16-27)26(32)24(19-20-7-3-1-4-8-20)29-25(31)21-9-5-2-6-10-21/h1,3-4,7-8,11-14,19,21,33H,2,5-6,9-10,15-18H2,(H,29,31)/b24-19-. The summed E-state index contributed by atoms with van der Waals surface area (Å²) in [4.78, 5) is 28.1. The molecule has 0 bridgehead atoms. The zero-order valence-electron chi connectivity index (χ0n) is 18.8. The molecule has 0 radical (unpaired) electrons. The zero-order chi connectivity index (χ0) is 23.3. The first kappa shape index (κ1) is 23.7. The summed E-state index contributed by atoms with van der Waals surface area (Å²) in [6.07, 6.45) is 7.72. The number of benzene rings is 2. The number of likely N-dealkylation sites (tertiary alicyclic amines) is 1. The fourth-order valence-electron chi connectivity index (χ4n) is 4.77. The minimum atomic E-state index is -0.952. The van der Waals surface area contributed by atoms with Crippen molar-refractivity contribution < 1.29 is 14.7 Å².